The molecule has 3 fully saturated rings. The number of ether oxygens (including phenoxy) is 4. The molecule has 9 atom stereocenters. The van der Waals surface area contributed by atoms with E-state index in [4.69, 9.17) is 24.1 Å². The van der Waals surface area contributed by atoms with Gasteiger partial charge in [0.25, 0.3) is 0 Å². The Morgan fingerprint density at radius 2 is 1.97 bits per heavy atom. The molecule has 4 rings (SSSR count). The zero-order chi connectivity index (χ0) is 28.6. The van der Waals surface area contributed by atoms with Crippen LogP contribution in [0, 0.1) is 10.8 Å². The molecular formula is C29H40O10. The smallest absolute Gasteiger partial charge is 0.331 e. The van der Waals surface area contributed by atoms with E-state index in [9.17, 15) is 24.9 Å². The maximum atomic E-state index is 12.9. The Kier molecular flexibility index (Phi) is 8.56. The van der Waals surface area contributed by atoms with E-state index in [1.54, 1.807) is 6.92 Å². The highest BCUT2D eigenvalue weighted by Crippen LogP contribution is 2.72. The molecule has 2 bridgehead atoms. The van der Waals surface area contributed by atoms with Gasteiger partial charge in [0.15, 0.2) is 0 Å². The number of aliphatic hydroxyl groups is 4. The zero-order valence-corrected chi connectivity index (χ0v) is 22.9. The number of aliphatic hydroxyl groups excluding tert-OH is 4. The minimum atomic E-state index is -1.17. The van der Waals surface area contributed by atoms with Gasteiger partial charge in [-0.2, -0.15) is 0 Å². The Bertz CT molecular complexity index is 1070. The van der Waals surface area contributed by atoms with Crippen molar-refractivity contribution < 1.29 is 49.0 Å². The van der Waals surface area contributed by atoms with Crippen LogP contribution in [-0.4, -0.2) is 94.4 Å². The van der Waals surface area contributed by atoms with Gasteiger partial charge in [0.1, 0.15) is 30.5 Å². The van der Waals surface area contributed by atoms with Crippen molar-refractivity contribution in [1.29, 1.82) is 0 Å². The fraction of sp³-hybridized carbons (Fsp3) is 0.655. The predicted molar refractivity (Wildman–Crippen MR) is 139 cm³/mol. The first-order valence-corrected chi connectivity index (χ1v) is 13.4. The summed E-state index contributed by atoms with van der Waals surface area (Å²) in [6.07, 6.45) is 4.90. The fourth-order valence-corrected chi connectivity index (χ4v) is 6.52. The Balaban J connectivity index is 1.63. The zero-order valence-electron chi connectivity index (χ0n) is 22.9. The van der Waals surface area contributed by atoms with E-state index >= 15 is 0 Å². The third-order valence-corrected chi connectivity index (χ3v) is 8.99. The monoisotopic (exact) mass is 548 g/mol. The third-order valence-electron chi connectivity index (χ3n) is 8.99. The Morgan fingerprint density at radius 3 is 2.62 bits per heavy atom. The molecule has 4 aliphatic rings. The molecule has 1 saturated carbocycles. The van der Waals surface area contributed by atoms with Crippen molar-refractivity contribution in [3.8, 4) is 0 Å². The van der Waals surface area contributed by atoms with E-state index in [0.717, 1.165) is 5.57 Å². The van der Waals surface area contributed by atoms with Crippen LogP contribution in [-0.2, 0) is 28.5 Å². The van der Waals surface area contributed by atoms with Crippen LogP contribution in [0.5, 0.6) is 0 Å². The number of allylic oxidation sites excluding steroid dienone is 3. The molecule has 0 aromatic rings. The number of epoxide rings is 1. The highest BCUT2D eigenvalue weighted by Gasteiger charge is 2.85. The van der Waals surface area contributed by atoms with Crippen LogP contribution in [0.1, 0.15) is 47.0 Å². The van der Waals surface area contributed by atoms with Crippen LogP contribution in [0.2, 0.25) is 0 Å². The minimum absolute atomic E-state index is 0.0336. The van der Waals surface area contributed by atoms with Crippen LogP contribution in [0.4, 0.5) is 0 Å². The van der Waals surface area contributed by atoms with Crippen molar-refractivity contribution in [3.05, 3.63) is 47.6 Å². The molecule has 1 spiro atoms. The molecular weight excluding hydrogens is 508 g/mol. The second-order valence-electron chi connectivity index (χ2n) is 11.4. The van der Waals surface area contributed by atoms with Gasteiger partial charge in [-0.05, 0) is 40.0 Å². The van der Waals surface area contributed by atoms with Crippen molar-refractivity contribution in [1.82, 2.24) is 0 Å². The van der Waals surface area contributed by atoms with Gasteiger partial charge in [0, 0.05) is 24.2 Å². The summed E-state index contributed by atoms with van der Waals surface area (Å²) in [5, 5.41) is 39.6. The van der Waals surface area contributed by atoms with Crippen molar-refractivity contribution in [3.63, 3.8) is 0 Å². The lowest BCUT2D eigenvalue weighted by atomic mass is 9.51. The number of rotatable bonds is 10. The largest absolute Gasteiger partial charge is 0.462 e. The second-order valence-corrected chi connectivity index (χ2v) is 11.4. The summed E-state index contributed by atoms with van der Waals surface area (Å²) in [6, 6.07) is 0. The number of fused-ring (bicyclic) bond motifs is 2. The van der Waals surface area contributed by atoms with Gasteiger partial charge in [0.05, 0.1) is 30.3 Å². The van der Waals surface area contributed by atoms with Gasteiger partial charge >= 0.3 is 11.9 Å². The molecule has 2 saturated heterocycles. The molecule has 0 aromatic heterocycles. The number of esters is 2. The molecule has 2 aliphatic heterocycles. The molecule has 0 radical (unpaired) electrons. The standard InChI is InChI=1S/C29H40O10/c1-17-9-11-28(15-36-23(34)14-18(2)10-12-30)21(13-17)38-26-24(35)25(27(28,4)29(26)16-37-29)39-22(33)8-6-5-7-20(32)19(3)31/h5-8,13-14,19-21,24-26,30-32,35H,9-12,15-16H2,1-4H3/b7-5+,8-6+,18-14+/t19-,20+,21+,24+,25+,26+,27+,28+,29-/m0/s1. The summed E-state index contributed by atoms with van der Waals surface area (Å²) in [7, 11) is 0. The Hall–Kier alpha value is -2.34. The van der Waals surface area contributed by atoms with Gasteiger partial charge in [-0.1, -0.05) is 42.4 Å². The summed E-state index contributed by atoms with van der Waals surface area (Å²) in [5.74, 6) is -1.24. The average Bonchev–Trinajstić information content (AvgIpc) is 3.66. The predicted octanol–water partition coefficient (Wildman–Crippen LogP) is 1.27. The first kappa shape index (κ1) is 29.6. The van der Waals surface area contributed by atoms with Crippen molar-refractivity contribution in [2.75, 3.05) is 19.8 Å². The molecule has 2 heterocycles. The fourth-order valence-electron chi connectivity index (χ4n) is 6.52. The molecule has 0 aromatic carbocycles. The summed E-state index contributed by atoms with van der Waals surface area (Å²) in [5.41, 5.74) is -0.882. The molecule has 0 amide bonds. The van der Waals surface area contributed by atoms with Crippen LogP contribution >= 0.6 is 0 Å². The van der Waals surface area contributed by atoms with Crippen molar-refractivity contribution >= 4 is 11.9 Å². The van der Waals surface area contributed by atoms with Crippen LogP contribution in [0.15, 0.2) is 47.6 Å². The lowest BCUT2D eigenvalue weighted by Gasteiger charge is -2.58. The van der Waals surface area contributed by atoms with Gasteiger partial charge < -0.3 is 39.4 Å². The first-order chi connectivity index (χ1) is 18.4. The maximum absolute atomic E-state index is 12.9. The highest BCUT2D eigenvalue weighted by molar-refractivity contribution is 5.83. The van der Waals surface area contributed by atoms with Gasteiger partial charge in [-0.3, -0.25) is 0 Å². The van der Waals surface area contributed by atoms with Crippen molar-refractivity contribution in [2.45, 2.75) is 89.2 Å². The average molecular weight is 549 g/mol. The molecule has 39 heavy (non-hydrogen) atoms. The number of carbonyl (C=O) groups is 2. The van der Waals surface area contributed by atoms with Crippen LogP contribution < -0.4 is 0 Å². The Labute approximate surface area is 228 Å². The topological polar surface area (TPSA) is 155 Å². The van der Waals surface area contributed by atoms with Crippen molar-refractivity contribution in [2.24, 2.45) is 10.8 Å². The van der Waals surface area contributed by atoms with Gasteiger partial charge in [-0.15, -0.1) is 0 Å². The van der Waals surface area contributed by atoms with E-state index < -0.39 is 65.0 Å². The SMILES string of the molecule is CC1=C[C@H]2O[C@@H]3[C@H](O)[C@@H](OC(=O)/C=C/C=C/[C@@H](O)[C@H](C)O)[C@](C)([C@@]2(COC(=O)/C=C(\C)CCO)CC1)[C@]31CO1. The first-order valence-electron chi connectivity index (χ1n) is 13.4. The Morgan fingerprint density at radius 1 is 1.26 bits per heavy atom. The van der Waals surface area contributed by atoms with Crippen LogP contribution in [0.25, 0.3) is 0 Å². The summed E-state index contributed by atoms with van der Waals surface area (Å²) >= 11 is 0. The highest BCUT2D eigenvalue weighted by atomic mass is 16.7. The molecule has 0 unspecified atom stereocenters. The normalized spacial score (nSPS) is 39.0. The van der Waals surface area contributed by atoms with E-state index in [1.807, 2.05) is 19.9 Å². The second kappa shape index (κ2) is 11.3. The van der Waals surface area contributed by atoms with E-state index in [2.05, 4.69) is 0 Å². The van der Waals surface area contributed by atoms with Gasteiger partial charge in [0.2, 0.25) is 0 Å². The summed E-state index contributed by atoms with van der Waals surface area (Å²) in [6.45, 7) is 7.32. The third kappa shape index (κ3) is 5.14. The molecule has 2 aliphatic carbocycles. The molecule has 10 heteroatoms. The number of hydrogen-bond donors (Lipinski definition) is 4. The molecule has 4 N–H and O–H groups in total. The number of carbonyl (C=O) groups excluding carboxylic acids is 2. The van der Waals surface area contributed by atoms with Crippen LogP contribution in [0.3, 0.4) is 0 Å². The lowest BCUT2D eigenvalue weighted by Crippen LogP contribution is -2.66. The van der Waals surface area contributed by atoms with Gasteiger partial charge in [-0.25, -0.2) is 9.59 Å². The molecule has 10 nitrogen and oxygen atoms in total. The summed E-state index contributed by atoms with van der Waals surface area (Å²) in [4.78, 5) is 25.6. The number of hydrogen-bond acceptors (Lipinski definition) is 10. The quantitative estimate of drug-likeness (QED) is 0.103. The summed E-state index contributed by atoms with van der Waals surface area (Å²) < 4.78 is 24.1. The van der Waals surface area contributed by atoms with E-state index in [1.165, 1.54) is 37.3 Å². The van der Waals surface area contributed by atoms with E-state index in [-0.39, 0.29) is 13.2 Å². The lowest BCUT2D eigenvalue weighted by molar-refractivity contribution is -0.232. The molecule has 216 valence electrons. The maximum Gasteiger partial charge on any atom is 0.331 e. The van der Waals surface area contributed by atoms with E-state index in [0.29, 0.717) is 31.4 Å². The minimum Gasteiger partial charge on any atom is -0.462 e.